The van der Waals surface area contributed by atoms with Gasteiger partial charge >= 0.3 is 0 Å². The second kappa shape index (κ2) is 7.38. The maximum atomic E-state index is 5.84. The molecule has 1 aromatic rings. The number of hydrogen-bond acceptors (Lipinski definition) is 3. The Morgan fingerprint density at radius 2 is 2.15 bits per heavy atom. The van der Waals surface area contributed by atoms with Crippen LogP contribution in [0.5, 0.6) is 0 Å². The predicted octanol–water partition coefficient (Wildman–Crippen LogP) is 3.37. The number of nitrogens with zero attached hydrogens (tertiary/aromatic N) is 1. The first-order valence-corrected chi connectivity index (χ1v) is 8.39. The van der Waals surface area contributed by atoms with Crippen LogP contribution in [-0.4, -0.2) is 35.6 Å². The van der Waals surface area contributed by atoms with Crippen molar-refractivity contribution in [2.75, 3.05) is 25.0 Å². The molecule has 110 valence electrons. The molecule has 5 heteroatoms. The number of nitrogens with one attached hydrogen (secondary N) is 1. The molecule has 1 fully saturated rings. The largest absolute Gasteiger partial charge is 0.389 e. The van der Waals surface area contributed by atoms with Crippen LogP contribution in [0.1, 0.15) is 31.7 Å². The summed E-state index contributed by atoms with van der Waals surface area (Å²) < 4.78 is 0.957. The monoisotopic (exact) mass is 355 g/mol. The average Bonchev–Trinajstić information content (AvgIpc) is 2.41. The molecule has 0 amide bonds. The Hall–Kier alpha value is -0.650. The van der Waals surface area contributed by atoms with Crippen LogP contribution in [0.4, 0.5) is 5.69 Å². The molecule has 0 aromatic heterocycles. The van der Waals surface area contributed by atoms with Gasteiger partial charge in [-0.25, -0.2) is 0 Å². The quantitative estimate of drug-likeness (QED) is 0.794. The van der Waals surface area contributed by atoms with Gasteiger partial charge in [-0.15, -0.1) is 0 Å². The minimum Gasteiger partial charge on any atom is -0.389 e. The van der Waals surface area contributed by atoms with Crippen molar-refractivity contribution < 1.29 is 0 Å². The Bertz CT molecular complexity index is 470. The number of piperidine rings is 1. The highest BCUT2D eigenvalue weighted by Crippen LogP contribution is 2.26. The van der Waals surface area contributed by atoms with E-state index >= 15 is 0 Å². The van der Waals surface area contributed by atoms with E-state index < -0.39 is 0 Å². The van der Waals surface area contributed by atoms with Gasteiger partial charge in [-0.05, 0) is 53.9 Å². The lowest BCUT2D eigenvalue weighted by Crippen LogP contribution is -2.39. The third kappa shape index (κ3) is 3.93. The number of nitrogens with two attached hydrogens (primary N) is 1. The van der Waals surface area contributed by atoms with Gasteiger partial charge in [0, 0.05) is 34.9 Å². The standard InChI is InChI=1S/C15H22BrN3S/c1-2-8-19-9-6-11(7-10-19)18-13-5-3-4-12(16)14(13)15(17)20/h3-5,11,18H,2,6-10H2,1H3,(H2,17,20). The minimum absolute atomic E-state index is 0.434. The lowest BCUT2D eigenvalue weighted by atomic mass is 10.0. The fraction of sp³-hybridized carbons (Fsp3) is 0.533. The lowest BCUT2D eigenvalue weighted by molar-refractivity contribution is 0.219. The topological polar surface area (TPSA) is 41.3 Å². The van der Waals surface area contributed by atoms with Crippen molar-refractivity contribution in [1.82, 2.24) is 4.90 Å². The van der Waals surface area contributed by atoms with Crippen LogP contribution >= 0.6 is 28.1 Å². The first kappa shape index (κ1) is 15.7. The van der Waals surface area contributed by atoms with Crippen LogP contribution in [0.2, 0.25) is 0 Å². The molecular weight excluding hydrogens is 334 g/mol. The van der Waals surface area contributed by atoms with Gasteiger partial charge in [-0.1, -0.05) is 25.2 Å². The van der Waals surface area contributed by atoms with E-state index in [4.69, 9.17) is 18.0 Å². The second-order valence-electron chi connectivity index (χ2n) is 5.29. The second-order valence-corrected chi connectivity index (χ2v) is 6.58. The van der Waals surface area contributed by atoms with Crippen molar-refractivity contribution in [3.8, 4) is 0 Å². The van der Waals surface area contributed by atoms with Crippen LogP contribution in [0.3, 0.4) is 0 Å². The molecule has 1 heterocycles. The molecule has 1 aliphatic heterocycles. The minimum atomic E-state index is 0.434. The molecule has 1 saturated heterocycles. The van der Waals surface area contributed by atoms with Crippen molar-refractivity contribution >= 4 is 38.8 Å². The zero-order valence-electron chi connectivity index (χ0n) is 11.9. The predicted molar refractivity (Wildman–Crippen MR) is 93.4 cm³/mol. The SMILES string of the molecule is CCCN1CCC(Nc2cccc(Br)c2C(N)=S)CC1. The first-order chi connectivity index (χ1) is 9.61. The van der Waals surface area contributed by atoms with Crippen LogP contribution in [-0.2, 0) is 0 Å². The highest BCUT2D eigenvalue weighted by Gasteiger charge is 2.20. The normalized spacial score (nSPS) is 17.1. The Labute approximate surface area is 135 Å². The first-order valence-electron chi connectivity index (χ1n) is 7.19. The van der Waals surface area contributed by atoms with Crippen molar-refractivity contribution in [2.45, 2.75) is 32.2 Å². The molecule has 0 radical (unpaired) electrons. The number of halogens is 1. The molecule has 0 atom stereocenters. The molecular formula is C15H22BrN3S. The Morgan fingerprint density at radius 3 is 2.75 bits per heavy atom. The zero-order chi connectivity index (χ0) is 14.5. The highest BCUT2D eigenvalue weighted by atomic mass is 79.9. The van der Waals surface area contributed by atoms with Crippen molar-refractivity contribution in [3.63, 3.8) is 0 Å². The Balaban J connectivity index is 2.01. The molecule has 3 N–H and O–H groups in total. The van der Waals surface area contributed by atoms with Gasteiger partial charge in [-0.3, -0.25) is 0 Å². The number of thiocarbonyl (C=S) groups is 1. The van der Waals surface area contributed by atoms with Crippen LogP contribution in [0.25, 0.3) is 0 Å². The summed E-state index contributed by atoms with van der Waals surface area (Å²) in [6, 6.07) is 6.55. The van der Waals surface area contributed by atoms with Gasteiger partial charge < -0.3 is 16.0 Å². The summed E-state index contributed by atoms with van der Waals surface area (Å²) in [6.07, 6.45) is 3.57. The highest BCUT2D eigenvalue weighted by molar-refractivity contribution is 9.10. The summed E-state index contributed by atoms with van der Waals surface area (Å²) >= 11 is 8.68. The van der Waals surface area contributed by atoms with Gasteiger partial charge in [-0.2, -0.15) is 0 Å². The van der Waals surface area contributed by atoms with E-state index in [1.807, 2.05) is 12.1 Å². The van der Waals surface area contributed by atoms with E-state index in [-0.39, 0.29) is 0 Å². The molecule has 0 aliphatic carbocycles. The van der Waals surface area contributed by atoms with E-state index in [1.54, 1.807) is 0 Å². The summed E-state index contributed by atoms with van der Waals surface area (Å²) in [5, 5.41) is 3.61. The summed E-state index contributed by atoms with van der Waals surface area (Å²) in [6.45, 7) is 5.78. The van der Waals surface area contributed by atoms with Crippen molar-refractivity contribution in [2.24, 2.45) is 5.73 Å². The third-order valence-electron chi connectivity index (χ3n) is 3.75. The van der Waals surface area contributed by atoms with E-state index in [2.05, 4.69) is 39.1 Å². The lowest BCUT2D eigenvalue weighted by Gasteiger charge is -2.33. The van der Waals surface area contributed by atoms with Gasteiger partial charge in [0.15, 0.2) is 0 Å². The maximum Gasteiger partial charge on any atom is 0.107 e. The van der Waals surface area contributed by atoms with Crippen LogP contribution < -0.4 is 11.1 Å². The number of anilines is 1. The van der Waals surface area contributed by atoms with E-state index in [0.29, 0.717) is 11.0 Å². The van der Waals surface area contributed by atoms with E-state index in [9.17, 15) is 0 Å². The molecule has 1 aliphatic rings. The zero-order valence-corrected chi connectivity index (χ0v) is 14.3. The number of hydrogen-bond donors (Lipinski definition) is 2. The van der Waals surface area contributed by atoms with Crippen molar-refractivity contribution in [1.29, 1.82) is 0 Å². The molecule has 20 heavy (non-hydrogen) atoms. The molecule has 0 unspecified atom stereocenters. The molecule has 2 rings (SSSR count). The fourth-order valence-electron chi connectivity index (χ4n) is 2.73. The fourth-order valence-corrected chi connectivity index (χ4v) is 3.66. The molecule has 0 saturated carbocycles. The van der Waals surface area contributed by atoms with Gasteiger partial charge in [0.25, 0.3) is 0 Å². The van der Waals surface area contributed by atoms with Gasteiger partial charge in [0.05, 0.1) is 0 Å². The maximum absolute atomic E-state index is 5.84. The molecule has 0 bridgehead atoms. The van der Waals surface area contributed by atoms with Gasteiger partial charge in [0.1, 0.15) is 4.99 Å². The Kier molecular flexibility index (Phi) is 5.81. The molecule has 3 nitrogen and oxygen atoms in total. The summed E-state index contributed by atoms with van der Waals surface area (Å²) in [5.41, 5.74) is 7.79. The number of likely N-dealkylation sites (tertiary alicyclic amines) is 1. The van der Waals surface area contributed by atoms with Gasteiger partial charge in [0.2, 0.25) is 0 Å². The van der Waals surface area contributed by atoms with Crippen molar-refractivity contribution in [3.05, 3.63) is 28.2 Å². The molecule has 0 spiro atoms. The van der Waals surface area contributed by atoms with E-state index in [1.165, 1.54) is 38.9 Å². The van der Waals surface area contributed by atoms with Crippen LogP contribution in [0, 0.1) is 0 Å². The average molecular weight is 356 g/mol. The third-order valence-corrected chi connectivity index (χ3v) is 4.61. The number of rotatable bonds is 5. The molecule has 1 aromatic carbocycles. The van der Waals surface area contributed by atoms with Crippen LogP contribution in [0.15, 0.2) is 22.7 Å². The smallest absolute Gasteiger partial charge is 0.107 e. The summed E-state index contributed by atoms with van der Waals surface area (Å²) in [4.78, 5) is 2.97. The summed E-state index contributed by atoms with van der Waals surface area (Å²) in [5.74, 6) is 0. The van der Waals surface area contributed by atoms with E-state index in [0.717, 1.165) is 15.7 Å². The number of benzene rings is 1. The summed E-state index contributed by atoms with van der Waals surface area (Å²) in [7, 11) is 0. The Morgan fingerprint density at radius 1 is 1.45 bits per heavy atom.